The number of hydrogen-bond acceptors (Lipinski definition) is 5. The molecule has 6 heteroatoms. The molecule has 1 aromatic carbocycles. The van der Waals surface area contributed by atoms with Crippen LogP contribution in [0.25, 0.3) is 0 Å². The molecule has 6 nitrogen and oxygen atoms in total. The number of benzene rings is 1. The number of carbonyl (C=O) groups excluding carboxylic acids is 1. The minimum absolute atomic E-state index is 0.114. The lowest BCUT2D eigenvalue weighted by atomic mass is 9.81. The van der Waals surface area contributed by atoms with Gasteiger partial charge in [-0.1, -0.05) is 44.2 Å². The fraction of sp³-hybridized carbons (Fsp3) is 0.682. The van der Waals surface area contributed by atoms with Crippen LogP contribution in [0, 0.1) is 5.92 Å². The molecule has 3 aliphatic rings. The van der Waals surface area contributed by atoms with Gasteiger partial charge in [-0.25, -0.2) is 4.79 Å². The maximum atomic E-state index is 13.1. The van der Waals surface area contributed by atoms with E-state index < -0.39 is 17.4 Å². The molecule has 0 aromatic heterocycles. The van der Waals surface area contributed by atoms with E-state index in [-0.39, 0.29) is 29.8 Å². The highest BCUT2D eigenvalue weighted by Crippen LogP contribution is 2.58. The summed E-state index contributed by atoms with van der Waals surface area (Å²) >= 11 is 0. The number of nitrogens with zero attached hydrogens (tertiary/aromatic N) is 1. The van der Waals surface area contributed by atoms with Gasteiger partial charge in [-0.15, -0.1) is 0 Å². The van der Waals surface area contributed by atoms with Gasteiger partial charge in [0.2, 0.25) is 0 Å². The van der Waals surface area contributed by atoms with E-state index in [0.29, 0.717) is 13.2 Å². The van der Waals surface area contributed by atoms with Gasteiger partial charge in [0.1, 0.15) is 22.8 Å². The number of morpholine rings is 1. The van der Waals surface area contributed by atoms with E-state index in [1.165, 1.54) is 0 Å². The summed E-state index contributed by atoms with van der Waals surface area (Å²) in [6.07, 6.45) is -1.13. The van der Waals surface area contributed by atoms with Crippen molar-refractivity contribution < 1.29 is 23.7 Å². The minimum Gasteiger partial charge on any atom is -0.444 e. The predicted molar refractivity (Wildman–Crippen MR) is 104 cm³/mol. The maximum absolute atomic E-state index is 13.1. The first-order valence-corrected chi connectivity index (χ1v) is 10.1. The lowest BCUT2D eigenvalue weighted by Gasteiger charge is -2.50. The van der Waals surface area contributed by atoms with Crippen LogP contribution in [-0.2, 0) is 18.9 Å². The normalized spacial score (nSPS) is 37.2. The highest BCUT2D eigenvalue weighted by atomic mass is 16.7. The molecule has 0 radical (unpaired) electrons. The van der Waals surface area contributed by atoms with Crippen LogP contribution in [0.15, 0.2) is 30.3 Å². The molecule has 0 N–H and O–H groups in total. The number of fused-ring (bicyclic) bond motifs is 2. The van der Waals surface area contributed by atoms with Crippen LogP contribution in [0.3, 0.4) is 0 Å². The van der Waals surface area contributed by atoms with Crippen molar-refractivity contribution in [3.8, 4) is 0 Å². The Labute approximate surface area is 167 Å². The molecule has 0 aliphatic carbocycles. The molecule has 1 amide bonds. The minimum atomic E-state index is -0.684. The van der Waals surface area contributed by atoms with Crippen molar-refractivity contribution in [1.29, 1.82) is 0 Å². The van der Waals surface area contributed by atoms with Crippen molar-refractivity contribution in [2.45, 2.75) is 76.8 Å². The standard InChI is InChI=1S/C22H31NO5/c1-14(2)16-22(13-25-17(26-16)15-10-8-7-9-11-15)18-21(6,27-18)12-23(22)19(24)28-20(3,4)5/h7-11,14,16-18H,12-13H2,1-6H3/t16?,17?,18-,21-,22?/m0/s1. The number of ether oxygens (including phenoxy) is 4. The Bertz CT molecular complexity index is 745. The van der Waals surface area contributed by atoms with E-state index in [1.807, 2.05) is 58.0 Å². The van der Waals surface area contributed by atoms with Crippen molar-refractivity contribution in [1.82, 2.24) is 4.90 Å². The van der Waals surface area contributed by atoms with Crippen LogP contribution in [0.4, 0.5) is 4.79 Å². The van der Waals surface area contributed by atoms with Crippen molar-refractivity contribution in [2.75, 3.05) is 13.2 Å². The number of carbonyl (C=O) groups is 1. The van der Waals surface area contributed by atoms with E-state index in [2.05, 4.69) is 13.8 Å². The van der Waals surface area contributed by atoms with Crippen LogP contribution in [0.1, 0.15) is 53.4 Å². The van der Waals surface area contributed by atoms with Crippen LogP contribution < -0.4 is 0 Å². The summed E-state index contributed by atoms with van der Waals surface area (Å²) in [5.74, 6) is 0.173. The zero-order chi connectivity index (χ0) is 20.3. The van der Waals surface area contributed by atoms with Crippen molar-refractivity contribution in [2.24, 2.45) is 5.92 Å². The molecule has 3 unspecified atom stereocenters. The average molecular weight is 389 g/mol. The molecule has 3 saturated heterocycles. The van der Waals surface area contributed by atoms with E-state index in [1.54, 1.807) is 4.90 Å². The summed E-state index contributed by atoms with van der Waals surface area (Å²) in [7, 11) is 0. The van der Waals surface area contributed by atoms with Gasteiger partial charge in [-0.3, -0.25) is 4.90 Å². The van der Waals surface area contributed by atoms with Gasteiger partial charge in [0.15, 0.2) is 6.29 Å². The summed E-state index contributed by atoms with van der Waals surface area (Å²) in [6.45, 7) is 12.8. The first-order chi connectivity index (χ1) is 13.1. The van der Waals surface area contributed by atoms with Crippen molar-refractivity contribution >= 4 is 6.09 Å². The number of rotatable bonds is 2. The van der Waals surface area contributed by atoms with Crippen LogP contribution in [0.5, 0.6) is 0 Å². The monoisotopic (exact) mass is 389 g/mol. The molecular weight excluding hydrogens is 358 g/mol. The first-order valence-electron chi connectivity index (χ1n) is 10.1. The highest BCUT2D eigenvalue weighted by Gasteiger charge is 2.77. The van der Waals surface area contributed by atoms with Gasteiger partial charge in [-0.2, -0.15) is 0 Å². The largest absolute Gasteiger partial charge is 0.444 e. The Hall–Kier alpha value is -1.63. The molecule has 3 heterocycles. The molecule has 4 rings (SSSR count). The molecule has 154 valence electrons. The van der Waals surface area contributed by atoms with E-state index in [0.717, 1.165) is 5.56 Å². The fourth-order valence-electron chi connectivity index (χ4n) is 4.70. The lowest BCUT2D eigenvalue weighted by Crippen LogP contribution is -2.67. The third kappa shape index (κ3) is 3.11. The molecule has 0 bridgehead atoms. The second kappa shape index (κ2) is 6.44. The quantitative estimate of drug-likeness (QED) is 0.718. The SMILES string of the molecule is CC(C)C1OC(c2ccccc2)OCC12[C@H]1O[C@@]1(C)CN2C(=O)OC(C)(C)C. The molecular formula is C22H31NO5. The summed E-state index contributed by atoms with van der Waals surface area (Å²) in [5, 5.41) is 0. The fourth-order valence-corrected chi connectivity index (χ4v) is 4.70. The molecule has 3 aliphatic heterocycles. The highest BCUT2D eigenvalue weighted by molar-refractivity contribution is 5.71. The Kier molecular flexibility index (Phi) is 4.53. The van der Waals surface area contributed by atoms with Crippen LogP contribution in [0.2, 0.25) is 0 Å². The molecule has 0 saturated carbocycles. The van der Waals surface area contributed by atoms with Crippen molar-refractivity contribution in [3.63, 3.8) is 0 Å². The van der Waals surface area contributed by atoms with Crippen molar-refractivity contribution in [3.05, 3.63) is 35.9 Å². The van der Waals surface area contributed by atoms with Gasteiger partial charge in [0.05, 0.1) is 19.3 Å². The second-order valence-corrected chi connectivity index (χ2v) is 9.72. The van der Waals surface area contributed by atoms with Gasteiger partial charge >= 0.3 is 6.09 Å². The summed E-state index contributed by atoms with van der Waals surface area (Å²) in [5.41, 5.74) is -0.639. The zero-order valence-electron chi connectivity index (χ0n) is 17.6. The first kappa shape index (κ1) is 19.7. The molecule has 3 fully saturated rings. The number of hydrogen-bond donors (Lipinski definition) is 0. The zero-order valence-corrected chi connectivity index (χ0v) is 17.6. The second-order valence-electron chi connectivity index (χ2n) is 9.72. The number of epoxide rings is 1. The van der Waals surface area contributed by atoms with Gasteiger partial charge in [-0.05, 0) is 33.6 Å². The third-order valence-electron chi connectivity index (χ3n) is 5.83. The summed E-state index contributed by atoms with van der Waals surface area (Å²) in [4.78, 5) is 14.9. The predicted octanol–water partition coefficient (Wildman–Crippen LogP) is 3.90. The van der Waals surface area contributed by atoms with E-state index >= 15 is 0 Å². The summed E-state index contributed by atoms with van der Waals surface area (Å²) < 4.78 is 24.4. The maximum Gasteiger partial charge on any atom is 0.411 e. The van der Waals surface area contributed by atoms with Crippen LogP contribution in [-0.4, -0.2) is 53.1 Å². The molecule has 28 heavy (non-hydrogen) atoms. The Balaban J connectivity index is 1.66. The smallest absolute Gasteiger partial charge is 0.411 e. The molecule has 5 atom stereocenters. The number of likely N-dealkylation sites (tertiary alicyclic amines) is 1. The average Bonchev–Trinajstić information content (AvgIpc) is 3.24. The third-order valence-corrected chi connectivity index (χ3v) is 5.83. The van der Waals surface area contributed by atoms with Crippen LogP contribution >= 0.6 is 0 Å². The summed E-state index contributed by atoms with van der Waals surface area (Å²) in [6, 6.07) is 9.91. The molecule has 1 aromatic rings. The van der Waals surface area contributed by atoms with E-state index in [9.17, 15) is 4.79 Å². The lowest BCUT2D eigenvalue weighted by molar-refractivity contribution is -0.283. The molecule has 1 spiro atoms. The number of amides is 1. The Morgan fingerprint density at radius 2 is 1.93 bits per heavy atom. The van der Waals surface area contributed by atoms with Gasteiger partial charge in [0, 0.05) is 5.56 Å². The Morgan fingerprint density at radius 3 is 2.54 bits per heavy atom. The Morgan fingerprint density at radius 1 is 1.25 bits per heavy atom. The topological polar surface area (TPSA) is 60.5 Å². The van der Waals surface area contributed by atoms with Gasteiger partial charge < -0.3 is 18.9 Å². The van der Waals surface area contributed by atoms with Gasteiger partial charge in [0.25, 0.3) is 0 Å². The van der Waals surface area contributed by atoms with E-state index in [4.69, 9.17) is 18.9 Å².